The van der Waals surface area contributed by atoms with Gasteiger partial charge in [-0.1, -0.05) is 34.1 Å². The monoisotopic (exact) mass is 353 g/mol. The van der Waals surface area contributed by atoms with Crippen molar-refractivity contribution in [3.8, 4) is 0 Å². The Hall–Kier alpha value is -1.66. The van der Waals surface area contributed by atoms with Crippen molar-refractivity contribution in [2.45, 2.75) is 4.90 Å². The maximum atomic E-state index is 14.1. The van der Waals surface area contributed by atoms with Crippen LogP contribution in [0.25, 0.3) is 10.9 Å². The summed E-state index contributed by atoms with van der Waals surface area (Å²) in [6.07, 6.45) is 1.36. The summed E-state index contributed by atoms with van der Waals surface area (Å²) in [6.45, 7) is 0. The number of hydrogen-bond donors (Lipinski definition) is 0. The molecule has 0 fully saturated rings. The highest BCUT2D eigenvalue weighted by molar-refractivity contribution is 9.10. The van der Waals surface area contributed by atoms with Gasteiger partial charge in [0.1, 0.15) is 5.82 Å². The second-order valence-corrected chi connectivity index (χ2v) is 6.99. The number of fused-ring (bicyclic) bond motifs is 1. The molecule has 0 amide bonds. The van der Waals surface area contributed by atoms with Gasteiger partial charge in [0.2, 0.25) is 0 Å². The van der Waals surface area contributed by atoms with E-state index in [-0.39, 0.29) is 10.4 Å². The van der Waals surface area contributed by atoms with Gasteiger partial charge in [-0.2, -0.15) is 0 Å². The van der Waals surface area contributed by atoms with E-state index < -0.39 is 15.8 Å². The molecular formula is C14H9BrFNO2S. The molecule has 0 spiro atoms. The molecule has 0 unspecified atom stereocenters. The molecular weight excluding hydrogens is 345 g/mol. The minimum Gasteiger partial charge on any atom is -0.238 e. The predicted octanol–water partition coefficient (Wildman–Crippen LogP) is 3.78. The smallest absolute Gasteiger partial charge is 0.238 e. The molecule has 0 aliphatic carbocycles. The molecule has 1 heterocycles. The van der Waals surface area contributed by atoms with Gasteiger partial charge in [0, 0.05) is 16.1 Å². The molecule has 0 bridgehead atoms. The lowest BCUT2D eigenvalue weighted by atomic mass is 10.2. The van der Waals surface area contributed by atoms with E-state index in [0.29, 0.717) is 9.86 Å². The molecule has 20 heavy (non-hydrogen) atoms. The highest BCUT2D eigenvalue weighted by Crippen LogP contribution is 2.27. The van der Waals surface area contributed by atoms with Crippen LogP contribution in [-0.4, -0.2) is 12.4 Å². The fourth-order valence-corrected chi connectivity index (χ4v) is 3.90. The van der Waals surface area contributed by atoms with Gasteiger partial charge >= 0.3 is 0 Å². The van der Waals surface area contributed by atoms with Gasteiger partial charge in [0.05, 0.1) is 10.4 Å². The Morgan fingerprint density at radius 1 is 1.05 bits per heavy atom. The highest BCUT2D eigenvalue weighted by Gasteiger charge is 2.20. The van der Waals surface area contributed by atoms with Crippen molar-refractivity contribution < 1.29 is 12.8 Å². The number of benzene rings is 2. The summed E-state index contributed by atoms with van der Waals surface area (Å²) in [6, 6.07) is 12.5. The molecule has 0 aliphatic heterocycles. The molecule has 3 aromatic rings. The zero-order valence-electron chi connectivity index (χ0n) is 10.1. The molecule has 0 N–H and O–H groups in total. The predicted molar refractivity (Wildman–Crippen MR) is 78.6 cm³/mol. The van der Waals surface area contributed by atoms with E-state index in [1.807, 2.05) is 0 Å². The average molecular weight is 354 g/mol. The summed E-state index contributed by atoms with van der Waals surface area (Å²) in [4.78, 5) is 0.125. The van der Waals surface area contributed by atoms with Crippen LogP contribution >= 0.6 is 15.9 Å². The summed E-state index contributed by atoms with van der Waals surface area (Å²) in [5.41, 5.74) is 0.0528. The number of halogens is 2. The van der Waals surface area contributed by atoms with Crippen LogP contribution in [0, 0.1) is 5.82 Å². The normalized spacial score (nSPS) is 11.9. The van der Waals surface area contributed by atoms with E-state index in [1.54, 1.807) is 30.3 Å². The van der Waals surface area contributed by atoms with Crippen molar-refractivity contribution in [1.82, 2.24) is 3.97 Å². The van der Waals surface area contributed by atoms with E-state index in [0.717, 1.165) is 3.97 Å². The summed E-state index contributed by atoms with van der Waals surface area (Å²) in [5.74, 6) is -0.584. The van der Waals surface area contributed by atoms with Gasteiger partial charge in [-0.05, 0) is 30.3 Å². The Kier molecular flexibility index (Phi) is 3.14. The van der Waals surface area contributed by atoms with Crippen molar-refractivity contribution in [2.24, 2.45) is 0 Å². The lowest BCUT2D eigenvalue weighted by Crippen LogP contribution is -2.12. The van der Waals surface area contributed by atoms with Gasteiger partial charge in [0.25, 0.3) is 10.0 Å². The van der Waals surface area contributed by atoms with Crippen molar-refractivity contribution in [3.05, 3.63) is 65.0 Å². The van der Waals surface area contributed by atoms with E-state index in [4.69, 9.17) is 0 Å². The Balaban J connectivity index is 2.31. The Labute approximate surface area is 123 Å². The fraction of sp³-hybridized carbons (Fsp3) is 0. The van der Waals surface area contributed by atoms with Crippen LogP contribution in [0.15, 0.2) is 64.1 Å². The topological polar surface area (TPSA) is 39.1 Å². The van der Waals surface area contributed by atoms with Crippen LogP contribution in [-0.2, 0) is 10.0 Å². The van der Waals surface area contributed by atoms with Gasteiger partial charge in [-0.15, -0.1) is 0 Å². The SMILES string of the molecule is O=S(=O)(c1ccccc1)n1ccc2cc(Br)cc(F)c21. The first-order valence-corrected chi connectivity index (χ1v) is 8.00. The molecule has 3 rings (SSSR count). The maximum Gasteiger partial charge on any atom is 0.268 e. The minimum atomic E-state index is -3.80. The van der Waals surface area contributed by atoms with Gasteiger partial charge in [0.15, 0.2) is 0 Å². The van der Waals surface area contributed by atoms with E-state index in [1.165, 1.54) is 24.4 Å². The number of aromatic nitrogens is 1. The third-order valence-electron chi connectivity index (χ3n) is 2.97. The number of nitrogens with zero attached hydrogens (tertiary/aromatic N) is 1. The molecule has 102 valence electrons. The van der Waals surface area contributed by atoms with Crippen LogP contribution in [0.3, 0.4) is 0 Å². The Morgan fingerprint density at radius 3 is 2.45 bits per heavy atom. The lowest BCUT2D eigenvalue weighted by molar-refractivity contribution is 0.586. The summed E-state index contributed by atoms with van der Waals surface area (Å²) >= 11 is 3.19. The molecule has 0 saturated heterocycles. The van der Waals surface area contributed by atoms with Gasteiger partial charge in [-0.3, -0.25) is 0 Å². The second-order valence-electron chi connectivity index (χ2n) is 4.26. The van der Waals surface area contributed by atoms with Crippen molar-refractivity contribution >= 4 is 36.9 Å². The Morgan fingerprint density at radius 2 is 1.75 bits per heavy atom. The van der Waals surface area contributed by atoms with Crippen molar-refractivity contribution in [3.63, 3.8) is 0 Å². The summed E-state index contributed by atoms with van der Waals surface area (Å²) in [7, 11) is -3.80. The van der Waals surface area contributed by atoms with Crippen LogP contribution < -0.4 is 0 Å². The number of rotatable bonds is 2. The largest absolute Gasteiger partial charge is 0.268 e. The first-order chi connectivity index (χ1) is 9.50. The van der Waals surface area contributed by atoms with Gasteiger partial charge < -0.3 is 0 Å². The first-order valence-electron chi connectivity index (χ1n) is 5.77. The summed E-state index contributed by atoms with van der Waals surface area (Å²) < 4.78 is 40.7. The zero-order chi connectivity index (χ0) is 14.3. The second kappa shape index (κ2) is 4.71. The van der Waals surface area contributed by atoms with Crippen LogP contribution in [0.1, 0.15) is 0 Å². The highest BCUT2D eigenvalue weighted by atomic mass is 79.9. The van der Waals surface area contributed by atoms with E-state index >= 15 is 0 Å². The lowest BCUT2D eigenvalue weighted by Gasteiger charge is -2.08. The molecule has 6 heteroatoms. The zero-order valence-corrected chi connectivity index (χ0v) is 12.5. The molecule has 1 aromatic heterocycles. The molecule has 3 nitrogen and oxygen atoms in total. The third kappa shape index (κ3) is 2.05. The molecule has 0 saturated carbocycles. The standard InChI is InChI=1S/C14H9BrFNO2S/c15-11-8-10-6-7-17(14(10)13(16)9-11)20(18,19)12-4-2-1-3-5-12/h1-9H. The Bertz CT molecular complexity index is 888. The summed E-state index contributed by atoms with van der Waals surface area (Å²) in [5, 5.41) is 0.524. The van der Waals surface area contributed by atoms with E-state index in [2.05, 4.69) is 15.9 Å². The van der Waals surface area contributed by atoms with Crippen molar-refractivity contribution in [2.75, 3.05) is 0 Å². The average Bonchev–Trinajstić information content (AvgIpc) is 2.84. The molecule has 0 aliphatic rings. The third-order valence-corrected chi connectivity index (χ3v) is 5.12. The van der Waals surface area contributed by atoms with Crippen LogP contribution in [0.5, 0.6) is 0 Å². The van der Waals surface area contributed by atoms with E-state index in [9.17, 15) is 12.8 Å². The fourth-order valence-electron chi connectivity index (χ4n) is 2.07. The molecule has 2 aromatic carbocycles. The molecule has 0 radical (unpaired) electrons. The van der Waals surface area contributed by atoms with Crippen LogP contribution in [0.4, 0.5) is 4.39 Å². The quantitative estimate of drug-likeness (QED) is 0.703. The van der Waals surface area contributed by atoms with Crippen molar-refractivity contribution in [1.29, 1.82) is 0 Å². The maximum absolute atomic E-state index is 14.1. The van der Waals surface area contributed by atoms with Gasteiger partial charge in [-0.25, -0.2) is 16.8 Å². The first kappa shape index (κ1) is 13.3. The van der Waals surface area contributed by atoms with Crippen LogP contribution in [0.2, 0.25) is 0 Å². The molecule has 0 atom stereocenters. The minimum absolute atomic E-state index is 0.0528. The number of hydrogen-bond acceptors (Lipinski definition) is 2.